The highest BCUT2D eigenvalue weighted by Gasteiger charge is 2.08. The van der Waals surface area contributed by atoms with Crippen molar-refractivity contribution in [1.29, 1.82) is 0 Å². The van der Waals surface area contributed by atoms with Crippen LogP contribution in [0.15, 0.2) is 49.1 Å². The number of aromatic amines is 1. The van der Waals surface area contributed by atoms with Gasteiger partial charge >= 0.3 is 0 Å². The van der Waals surface area contributed by atoms with E-state index in [-0.39, 0.29) is 0 Å². The van der Waals surface area contributed by atoms with E-state index in [1.807, 2.05) is 43.7 Å². The Labute approximate surface area is 167 Å². The average Bonchev–Trinajstić information content (AvgIpc) is 3.06. The second-order valence-electron chi connectivity index (χ2n) is 6.63. The van der Waals surface area contributed by atoms with Crippen LogP contribution in [0.1, 0.15) is 28.1 Å². The third-order valence-corrected chi connectivity index (χ3v) is 5.22. The second kappa shape index (κ2) is 7.67. The lowest BCUT2D eigenvalue weighted by Gasteiger charge is -2.05. The summed E-state index contributed by atoms with van der Waals surface area (Å²) in [5, 5.41) is 2.46. The molecule has 0 aliphatic carbocycles. The molecule has 3 aromatic heterocycles. The molecule has 0 atom stereocenters. The molecular formula is C21H18Cl2N4. The van der Waals surface area contributed by atoms with E-state index >= 15 is 0 Å². The summed E-state index contributed by atoms with van der Waals surface area (Å²) in [7, 11) is 0. The molecule has 3 heterocycles. The first kappa shape index (κ1) is 18.0. The average molecular weight is 397 g/mol. The molecule has 0 radical (unpaired) electrons. The Kier molecular flexibility index (Phi) is 5.10. The largest absolute Gasteiger partial charge is 0.346 e. The zero-order chi connectivity index (χ0) is 18.8. The number of aromatic nitrogens is 4. The van der Waals surface area contributed by atoms with Gasteiger partial charge in [-0.2, -0.15) is 0 Å². The Balaban J connectivity index is 1.44. The summed E-state index contributed by atoms with van der Waals surface area (Å²) in [5.74, 6) is 0.832. The van der Waals surface area contributed by atoms with Crippen LogP contribution in [0.4, 0.5) is 0 Å². The highest BCUT2D eigenvalue weighted by molar-refractivity contribution is 6.31. The van der Waals surface area contributed by atoms with Gasteiger partial charge in [-0.05, 0) is 47.7 Å². The predicted molar refractivity (Wildman–Crippen MR) is 110 cm³/mol. The van der Waals surface area contributed by atoms with Crippen LogP contribution in [0.3, 0.4) is 0 Å². The normalized spacial score (nSPS) is 11.2. The monoisotopic (exact) mass is 396 g/mol. The van der Waals surface area contributed by atoms with E-state index in [9.17, 15) is 0 Å². The fraction of sp³-hybridized carbons (Fsp3) is 0.190. The van der Waals surface area contributed by atoms with Crippen LogP contribution in [-0.4, -0.2) is 19.9 Å². The number of pyridine rings is 1. The third-order valence-electron chi connectivity index (χ3n) is 4.61. The molecule has 0 aliphatic heterocycles. The SMILES string of the molecule is Cc1ccc(CCc2ncc(Cc3c[nH]c4ncc(Cl)cc34)cn2)cc1Cl. The van der Waals surface area contributed by atoms with Crippen LogP contribution in [0.2, 0.25) is 10.0 Å². The minimum atomic E-state index is 0.631. The number of benzene rings is 1. The van der Waals surface area contributed by atoms with Gasteiger partial charge in [-0.3, -0.25) is 0 Å². The van der Waals surface area contributed by atoms with E-state index in [1.165, 1.54) is 5.56 Å². The summed E-state index contributed by atoms with van der Waals surface area (Å²) in [4.78, 5) is 16.5. The number of rotatable bonds is 5. The third kappa shape index (κ3) is 4.12. The summed E-state index contributed by atoms with van der Waals surface area (Å²) in [6.07, 6.45) is 9.77. The Morgan fingerprint density at radius 1 is 0.926 bits per heavy atom. The van der Waals surface area contributed by atoms with Crippen LogP contribution >= 0.6 is 23.2 Å². The molecular weight excluding hydrogens is 379 g/mol. The first-order valence-corrected chi connectivity index (χ1v) is 9.50. The number of nitrogens with zero attached hydrogens (tertiary/aromatic N) is 3. The van der Waals surface area contributed by atoms with E-state index in [4.69, 9.17) is 23.2 Å². The molecule has 0 saturated heterocycles. The van der Waals surface area contributed by atoms with Gasteiger partial charge in [0.2, 0.25) is 0 Å². The van der Waals surface area contributed by atoms with E-state index < -0.39 is 0 Å². The number of hydrogen-bond donors (Lipinski definition) is 1. The van der Waals surface area contributed by atoms with Gasteiger partial charge in [0.05, 0.1) is 5.02 Å². The van der Waals surface area contributed by atoms with Crippen molar-refractivity contribution >= 4 is 34.2 Å². The van der Waals surface area contributed by atoms with Gasteiger partial charge in [-0.25, -0.2) is 15.0 Å². The van der Waals surface area contributed by atoms with Gasteiger partial charge in [0.1, 0.15) is 11.5 Å². The Morgan fingerprint density at radius 2 is 1.74 bits per heavy atom. The van der Waals surface area contributed by atoms with Crippen molar-refractivity contribution < 1.29 is 0 Å². The fourth-order valence-electron chi connectivity index (χ4n) is 3.05. The summed E-state index contributed by atoms with van der Waals surface area (Å²) < 4.78 is 0. The van der Waals surface area contributed by atoms with Crippen LogP contribution < -0.4 is 0 Å². The van der Waals surface area contributed by atoms with Crippen molar-refractivity contribution in [3.63, 3.8) is 0 Å². The Morgan fingerprint density at radius 3 is 2.52 bits per heavy atom. The lowest BCUT2D eigenvalue weighted by molar-refractivity contribution is 0.848. The van der Waals surface area contributed by atoms with Gasteiger partial charge in [0.15, 0.2) is 0 Å². The van der Waals surface area contributed by atoms with Gasteiger partial charge in [-0.15, -0.1) is 0 Å². The van der Waals surface area contributed by atoms with E-state index in [0.717, 1.165) is 57.8 Å². The molecule has 0 unspecified atom stereocenters. The van der Waals surface area contributed by atoms with Crippen molar-refractivity contribution in [2.75, 3.05) is 0 Å². The summed E-state index contributed by atoms with van der Waals surface area (Å²) in [5.41, 5.74) is 5.31. The Bertz CT molecular complexity index is 1090. The van der Waals surface area contributed by atoms with Crippen molar-refractivity contribution in [2.24, 2.45) is 0 Å². The summed E-state index contributed by atoms with van der Waals surface area (Å²) in [6.45, 7) is 2.01. The molecule has 4 nitrogen and oxygen atoms in total. The number of halogens is 2. The van der Waals surface area contributed by atoms with Crippen LogP contribution in [0.5, 0.6) is 0 Å². The van der Waals surface area contributed by atoms with Crippen LogP contribution in [0, 0.1) is 6.92 Å². The maximum Gasteiger partial charge on any atom is 0.137 e. The molecule has 1 aromatic carbocycles. The number of fused-ring (bicyclic) bond motifs is 1. The molecule has 0 aliphatic rings. The molecule has 4 aromatic rings. The molecule has 0 spiro atoms. The highest BCUT2D eigenvalue weighted by Crippen LogP contribution is 2.22. The zero-order valence-electron chi connectivity index (χ0n) is 14.8. The summed E-state index contributed by atoms with van der Waals surface area (Å²) in [6, 6.07) is 8.09. The highest BCUT2D eigenvalue weighted by atomic mass is 35.5. The first-order chi connectivity index (χ1) is 13.1. The molecule has 0 saturated carbocycles. The maximum atomic E-state index is 6.19. The number of H-pyrrole nitrogens is 1. The molecule has 0 fully saturated rings. The minimum absolute atomic E-state index is 0.631. The van der Waals surface area contributed by atoms with Crippen molar-refractivity contribution in [1.82, 2.24) is 19.9 Å². The fourth-order valence-corrected chi connectivity index (χ4v) is 3.41. The molecule has 136 valence electrons. The van der Waals surface area contributed by atoms with Crippen molar-refractivity contribution in [2.45, 2.75) is 26.2 Å². The topological polar surface area (TPSA) is 54.5 Å². The number of hydrogen-bond acceptors (Lipinski definition) is 3. The molecule has 1 N–H and O–H groups in total. The summed E-state index contributed by atoms with van der Waals surface area (Å²) >= 11 is 12.3. The number of nitrogens with one attached hydrogen (secondary N) is 1. The lowest BCUT2D eigenvalue weighted by Crippen LogP contribution is -2.00. The number of aryl methyl sites for hydroxylation is 3. The van der Waals surface area contributed by atoms with E-state index in [2.05, 4.69) is 26.0 Å². The zero-order valence-corrected chi connectivity index (χ0v) is 16.3. The quantitative estimate of drug-likeness (QED) is 0.494. The molecule has 0 bridgehead atoms. The maximum absolute atomic E-state index is 6.19. The van der Waals surface area contributed by atoms with Crippen molar-refractivity contribution in [3.05, 3.63) is 87.2 Å². The molecule has 4 rings (SSSR count). The van der Waals surface area contributed by atoms with Gasteiger partial charge in [0.25, 0.3) is 0 Å². The van der Waals surface area contributed by atoms with Crippen molar-refractivity contribution in [3.8, 4) is 0 Å². The first-order valence-electron chi connectivity index (χ1n) is 8.75. The predicted octanol–water partition coefficient (Wildman–Crippen LogP) is 5.34. The molecule has 27 heavy (non-hydrogen) atoms. The van der Waals surface area contributed by atoms with Gasteiger partial charge in [-0.1, -0.05) is 35.3 Å². The van der Waals surface area contributed by atoms with E-state index in [0.29, 0.717) is 5.02 Å². The Hall–Kier alpha value is -2.43. The second-order valence-corrected chi connectivity index (χ2v) is 7.48. The van der Waals surface area contributed by atoms with Crippen LogP contribution in [0.25, 0.3) is 11.0 Å². The van der Waals surface area contributed by atoms with Gasteiger partial charge in [0, 0.05) is 48.0 Å². The lowest BCUT2D eigenvalue weighted by atomic mass is 10.1. The molecule has 6 heteroatoms. The van der Waals surface area contributed by atoms with Crippen LogP contribution in [-0.2, 0) is 19.3 Å². The standard InChI is InChI=1S/C21H18Cl2N4/c1-13-2-3-14(7-19(13)23)4-5-20-24-9-15(10-25-20)6-16-11-26-21-18(16)8-17(22)12-27-21/h2-3,7-12H,4-6H2,1H3,(H,26,27). The molecule has 0 amide bonds. The minimum Gasteiger partial charge on any atom is -0.346 e. The van der Waals surface area contributed by atoms with E-state index in [1.54, 1.807) is 6.20 Å². The van der Waals surface area contributed by atoms with Gasteiger partial charge < -0.3 is 4.98 Å². The smallest absolute Gasteiger partial charge is 0.137 e.